The predicted molar refractivity (Wildman–Crippen MR) is 58.3 cm³/mol. The number of rotatable bonds is 3. The summed E-state index contributed by atoms with van der Waals surface area (Å²) < 4.78 is 5.10. The van der Waals surface area contributed by atoms with E-state index in [-0.39, 0.29) is 5.75 Å². The van der Waals surface area contributed by atoms with Crippen LogP contribution in [-0.2, 0) is 10.3 Å². The minimum absolute atomic E-state index is 0.152. The summed E-state index contributed by atoms with van der Waals surface area (Å²) in [6.45, 7) is 0. The van der Waals surface area contributed by atoms with E-state index >= 15 is 0 Å². The SMILES string of the molecule is COc1ccc(O)c(C2(N=C=O)CCC2)c1. The minimum atomic E-state index is -0.583. The molecule has 84 valence electrons. The third-order valence-electron chi connectivity index (χ3n) is 3.15. The normalized spacial score (nSPS) is 17.1. The predicted octanol–water partition coefficient (Wildman–Crippen LogP) is 2.12. The zero-order valence-corrected chi connectivity index (χ0v) is 9.06. The first-order valence-corrected chi connectivity index (χ1v) is 5.18. The molecule has 16 heavy (non-hydrogen) atoms. The zero-order valence-electron chi connectivity index (χ0n) is 9.06. The Labute approximate surface area is 93.6 Å². The van der Waals surface area contributed by atoms with Gasteiger partial charge in [-0.05, 0) is 37.5 Å². The highest BCUT2D eigenvalue weighted by molar-refractivity contribution is 5.47. The highest BCUT2D eigenvalue weighted by Crippen LogP contribution is 2.48. The maximum Gasteiger partial charge on any atom is 0.235 e. The van der Waals surface area contributed by atoms with Gasteiger partial charge in [-0.25, -0.2) is 4.79 Å². The molecule has 1 aliphatic rings. The van der Waals surface area contributed by atoms with Crippen molar-refractivity contribution in [2.45, 2.75) is 24.8 Å². The molecule has 0 bridgehead atoms. The Bertz CT molecular complexity index is 446. The van der Waals surface area contributed by atoms with Gasteiger partial charge in [-0.15, -0.1) is 0 Å². The van der Waals surface area contributed by atoms with E-state index < -0.39 is 5.54 Å². The van der Waals surface area contributed by atoms with Crippen LogP contribution in [0.2, 0.25) is 0 Å². The largest absolute Gasteiger partial charge is 0.508 e. The molecular formula is C12H13NO3. The lowest BCUT2D eigenvalue weighted by atomic mass is 9.72. The molecule has 0 amide bonds. The Morgan fingerprint density at radius 3 is 2.75 bits per heavy atom. The van der Waals surface area contributed by atoms with Crippen molar-refractivity contribution >= 4 is 6.08 Å². The van der Waals surface area contributed by atoms with E-state index in [9.17, 15) is 9.90 Å². The van der Waals surface area contributed by atoms with Gasteiger partial charge in [-0.2, -0.15) is 4.99 Å². The second kappa shape index (κ2) is 3.99. The number of isocyanates is 1. The van der Waals surface area contributed by atoms with Crippen LogP contribution in [0.25, 0.3) is 0 Å². The first kappa shape index (κ1) is 10.7. The Morgan fingerprint density at radius 2 is 2.25 bits per heavy atom. The van der Waals surface area contributed by atoms with Crippen LogP contribution in [0.3, 0.4) is 0 Å². The first-order chi connectivity index (χ1) is 7.72. The quantitative estimate of drug-likeness (QED) is 0.625. The van der Waals surface area contributed by atoms with E-state index in [1.807, 2.05) is 0 Å². The zero-order chi connectivity index (χ0) is 11.6. The molecule has 4 heteroatoms. The first-order valence-electron chi connectivity index (χ1n) is 5.18. The van der Waals surface area contributed by atoms with E-state index in [2.05, 4.69) is 4.99 Å². The standard InChI is InChI=1S/C12H13NO3/c1-16-9-3-4-11(15)10(7-9)12(13-8-14)5-2-6-12/h3-4,7,15H,2,5-6H2,1H3. The lowest BCUT2D eigenvalue weighted by Gasteiger charge is -2.37. The van der Waals surface area contributed by atoms with E-state index in [1.54, 1.807) is 31.4 Å². The van der Waals surface area contributed by atoms with E-state index in [4.69, 9.17) is 4.74 Å². The van der Waals surface area contributed by atoms with Gasteiger partial charge in [0, 0.05) is 5.56 Å². The fourth-order valence-corrected chi connectivity index (χ4v) is 2.06. The van der Waals surface area contributed by atoms with E-state index in [1.165, 1.54) is 0 Å². The third kappa shape index (κ3) is 1.57. The summed E-state index contributed by atoms with van der Waals surface area (Å²) in [5.41, 5.74) is 0.0712. The molecule has 0 aromatic heterocycles. The number of aliphatic imine (C=N–C) groups is 1. The van der Waals surface area contributed by atoms with Gasteiger partial charge in [-0.1, -0.05) is 0 Å². The molecule has 1 aliphatic carbocycles. The van der Waals surface area contributed by atoms with E-state index in [0.29, 0.717) is 11.3 Å². The molecule has 4 nitrogen and oxygen atoms in total. The van der Waals surface area contributed by atoms with Gasteiger partial charge in [0.25, 0.3) is 0 Å². The molecular weight excluding hydrogens is 206 g/mol. The van der Waals surface area contributed by atoms with Crippen LogP contribution in [0, 0.1) is 0 Å². The van der Waals surface area contributed by atoms with Gasteiger partial charge in [0.1, 0.15) is 17.0 Å². The third-order valence-corrected chi connectivity index (χ3v) is 3.15. The number of phenolic OH excluding ortho intramolecular Hbond substituents is 1. The van der Waals surface area contributed by atoms with Crippen molar-refractivity contribution in [1.82, 2.24) is 0 Å². The van der Waals surface area contributed by atoms with Crippen molar-refractivity contribution in [3.05, 3.63) is 23.8 Å². The molecule has 1 aromatic rings. The van der Waals surface area contributed by atoms with Gasteiger partial charge < -0.3 is 9.84 Å². The van der Waals surface area contributed by atoms with Crippen molar-refractivity contribution in [2.24, 2.45) is 4.99 Å². The highest BCUT2D eigenvalue weighted by Gasteiger charge is 2.41. The molecule has 0 heterocycles. The number of methoxy groups -OCH3 is 1. The van der Waals surface area contributed by atoms with Crippen LogP contribution < -0.4 is 4.74 Å². The lowest BCUT2D eigenvalue weighted by Crippen LogP contribution is -2.31. The molecule has 1 fully saturated rings. The average molecular weight is 219 g/mol. The average Bonchev–Trinajstić information content (AvgIpc) is 2.25. The molecule has 1 saturated carbocycles. The summed E-state index contributed by atoms with van der Waals surface area (Å²) in [6, 6.07) is 4.97. The van der Waals surface area contributed by atoms with Crippen LogP contribution in [0.1, 0.15) is 24.8 Å². The van der Waals surface area contributed by atoms with Gasteiger partial charge in [0.2, 0.25) is 6.08 Å². The lowest BCUT2D eigenvalue weighted by molar-refractivity contribution is 0.246. The van der Waals surface area contributed by atoms with Crippen LogP contribution in [0.5, 0.6) is 11.5 Å². The number of hydrogen-bond donors (Lipinski definition) is 1. The van der Waals surface area contributed by atoms with Crippen LogP contribution >= 0.6 is 0 Å². The Morgan fingerprint density at radius 1 is 1.50 bits per heavy atom. The van der Waals surface area contributed by atoms with Crippen molar-refractivity contribution in [2.75, 3.05) is 7.11 Å². The molecule has 0 saturated heterocycles. The second-order valence-electron chi connectivity index (χ2n) is 3.97. The summed E-state index contributed by atoms with van der Waals surface area (Å²) in [6.07, 6.45) is 4.13. The number of phenols is 1. The number of benzene rings is 1. The highest BCUT2D eigenvalue weighted by atomic mass is 16.5. The molecule has 0 atom stereocenters. The maximum absolute atomic E-state index is 10.4. The van der Waals surface area contributed by atoms with Crippen molar-refractivity contribution in [3.8, 4) is 11.5 Å². The van der Waals surface area contributed by atoms with Crippen LogP contribution in [-0.4, -0.2) is 18.3 Å². The number of hydrogen-bond acceptors (Lipinski definition) is 4. The molecule has 0 radical (unpaired) electrons. The number of ether oxygens (including phenoxy) is 1. The monoisotopic (exact) mass is 219 g/mol. The van der Waals surface area contributed by atoms with Crippen molar-refractivity contribution in [3.63, 3.8) is 0 Å². The number of aromatic hydroxyl groups is 1. The van der Waals surface area contributed by atoms with Gasteiger partial charge >= 0.3 is 0 Å². The number of carbonyl (C=O) groups excluding carboxylic acids is 1. The summed E-state index contributed by atoms with van der Waals surface area (Å²) in [7, 11) is 1.56. The fraction of sp³-hybridized carbons (Fsp3) is 0.417. The van der Waals surface area contributed by atoms with Gasteiger partial charge in [0.05, 0.1) is 7.11 Å². The molecule has 1 N–H and O–H groups in total. The minimum Gasteiger partial charge on any atom is -0.508 e. The Hall–Kier alpha value is -1.80. The molecule has 2 rings (SSSR count). The van der Waals surface area contributed by atoms with Gasteiger partial charge in [-0.3, -0.25) is 0 Å². The molecule has 1 aromatic carbocycles. The Kier molecular flexibility index (Phi) is 2.67. The Balaban J connectivity index is 2.48. The summed E-state index contributed by atoms with van der Waals surface area (Å²) >= 11 is 0. The van der Waals surface area contributed by atoms with Crippen LogP contribution in [0.4, 0.5) is 0 Å². The molecule has 0 aliphatic heterocycles. The molecule has 0 spiro atoms. The van der Waals surface area contributed by atoms with Crippen molar-refractivity contribution in [1.29, 1.82) is 0 Å². The summed E-state index contributed by atoms with van der Waals surface area (Å²) in [5.74, 6) is 0.805. The summed E-state index contributed by atoms with van der Waals surface area (Å²) in [4.78, 5) is 14.3. The topological polar surface area (TPSA) is 58.9 Å². The van der Waals surface area contributed by atoms with Crippen molar-refractivity contribution < 1.29 is 14.6 Å². The van der Waals surface area contributed by atoms with Gasteiger partial charge in [0.15, 0.2) is 0 Å². The maximum atomic E-state index is 10.4. The smallest absolute Gasteiger partial charge is 0.235 e. The number of nitrogens with zero attached hydrogens (tertiary/aromatic N) is 1. The second-order valence-corrected chi connectivity index (χ2v) is 3.97. The fourth-order valence-electron chi connectivity index (χ4n) is 2.06. The summed E-state index contributed by atoms with van der Waals surface area (Å²) in [5, 5.41) is 9.81. The van der Waals surface area contributed by atoms with Crippen LogP contribution in [0.15, 0.2) is 23.2 Å². The molecule has 0 unspecified atom stereocenters. The van der Waals surface area contributed by atoms with E-state index in [0.717, 1.165) is 19.3 Å².